The minimum atomic E-state index is 1.37. The maximum Gasteiger partial charge on any atom is 0.0371 e. The topological polar surface area (TPSA) is 0 Å². The lowest BCUT2D eigenvalue weighted by molar-refractivity contribution is 1.56. The van der Waals surface area contributed by atoms with Gasteiger partial charge in [-0.3, -0.25) is 0 Å². The van der Waals surface area contributed by atoms with Crippen LogP contribution in [0.2, 0.25) is 0 Å². The molecule has 0 nitrogen and oxygen atoms in total. The molecule has 1 aromatic heterocycles. The molecule has 0 fully saturated rings. The van der Waals surface area contributed by atoms with Gasteiger partial charge >= 0.3 is 0 Å². The quantitative estimate of drug-likeness (QED) is 0.538. The Morgan fingerprint density at radius 1 is 1.20 bits per heavy atom. The molecule has 0 atom stereocenters. The van der Waals surface area contributed by atoms with Crippen molar-refractivity contribution in [1.29, 1.82) is 0 Å². The molecule has 1 heterocycles. The van der Waals surface area contributed by atoms with Gasteiger partial charge in [0.25, 0.3) is 0 Å². The monoisotopic (exact) mass is 148 g/mol. The van der Waals surface area contributed by atoms with Crippen LogP contribution in [0.4, 0.5) is 0 Å². The first-order valence-electron chi connectivity index (χ1n) is 3.31. The molecule has 0 aliphatic rings. The average Bonchev–Trinajstić information content (AvgIpc) is 2.36. The predicted molar refractivity (Wildman–Crippen MR) is 46.6 cm³/mol. The number of hydrogen-bond donors (Lipinski definition) is 0. The van der Waals surface area contributed by atoms with E-state index in [1.807, 2.05) is 11.3 Å². The first kappa shape index (κ1) is 5.93. The maximum atomic E-state index is 2.16. The van der Waals surface area contributed by atoms with E-state index in [1.165, 1.54) is 15.6 Å². The predicted octanol–water partition coefficient (Wildman–Crippen LogP) is 3.21. The number of hydrogen-bond acceptors (Lipinski definition) is 1. The van der Waals surface area contributed by atoms with Gasteiger partial charge in [0.2, 0.25) is 0 Å². The standard InChI is InChI=1S/C9H8S/c1-7-3-2-4-8-5-6-10-9(7)8/h2-6H,1H3. The molecule has 0 amide bonds. The third kappa shape index (κ3) is 0.745. The van der Waals surface area contributed by atoms with E-state index in [2.05, 4.69) is 36.6 Å². The summed E-state index contributed by atoms with van der Waals surface area (Å²) in [4.78, 5) is 0. The fraction of sp³-hybridized carbons (Fsp3) is 0.111. The molecule has 0 unspecified atom stereocenters. The van der Waals surface area contributed by atoms with E-state index in [9.17, 15) is 0 Å². The van der Waals surface area contributed by atoms with Crippen LogP contribution in [0.15, 0.2) is 29.6 Å². The van der Waals surface area contributed by atoms with E-state index in [1.54, 1.807) is 0 Å². The van der Waals surface area contributed by atoms with Crippen molar-refractivity contribution in [3.8, 4) is 0 Å². The normalized spacial score (nSPS) is 10.5. The molecule has 10 heavy (non-hydrogen) atoms. The molecule has 0 saturated heterocycles. The molecular formula is C9H8S. The summed E-state index contributed by atoms with van der Waals surface area (Å²) in [6.07, 6.45) is 0. The van der Waals surface area contributed by atoms with E-state index in [-0.39, 0.29) is 0 Å². The molecule has 0 saturated carbocycles. The Labute approximate surface area is 64.1 Å². The highest BCUT2D eigenvalue weighted by Gasteiger charge is 1.94. The van der Waals surface area contributed by atoms with Gasteiger partial charge in [-0.05, 0) is 29.3 Å². The fourth-order valence-electron chi connectivity index (χ4n) is 1.14. The van der Waals surface area contributed by atoms with Gasteiger partial charge in [-0.2, -0.15) is 0 Å². The summed E-state index contributed by atoms with van der Waals surface area (Å²) in [7, 11) is 0. The van der Waals surface area contributed by atoms with Gasteiger partial charge < -0.3 is 0 Å². The lowest BCUT2D eigenvalue weighted by atomic mass is 10.2. The summed E-state index contributed by atoms with van der Waals surface area (Å²) in [6.45, 7) is 2.15. The van der Waals surface area contributed by atoms with Crippen LogP contribution >= 0.6 is 11.3 Å². The second-order valence-corrected chi connectivity index (χ2v) is 3.33. The number of rotatable bonds is 0. The highest BCUT2D eigenvalue weighted by atomic mass is 32.1. The molecule has 1 heteroatoms. The number of fused-ring (bicyclic) bond motifs is 1. The Hall–Kier alpha value is -0.820. The smallest absolute Gasteiger partial charge is 0.0371 e. The lowest BCUT2D eigenvalue weighted by Gasteiger charge is -1.91. The van der Waals surface area contributed by atoms with E-state index >= 15 is 0 Å². The zero-order valence-electron chi connectivity index (χ0n) is 5.79. The SMILES string of the molecule is Cc1cccc2ccsc12. The Balaban J connectivity index is 2.95. The highest BCUT2D eigenvalue weighted by molar-refractivity contribution is 7.17. The van der Waals surface area contributed by atoms with Crippen molar-refractivity contribution in [3.05, 3.63) is 35.2 Å². The summed E-state index contributed by atoms with van der Waals surface area (Å²) in [6, 6.07) is 8.56. The van der Waals surface area contributed by atoms with Gasteiger partial charge in [0.1, 0.15) is 0 Å². The van der Waals surface area contributed by atoms with Crippen LogP contribution in [-0.4, -0.2) is 0 Å². The molecule has 2 rings (SSSR count). The molecule has 0 aliphatic heterocycles. The summed E-state index contributed by atoms with van der Waals surface area (Å²) >= 11 is 1.81. The van der Waals surface area contributed by atoms with Crippen LogP contribution in [0.5, 0.6) is 0 Å². The van der Waals surface area contributed by atoms with Crippen LogP contribution in [0.3, 0.4) is 0 Å². The van der Waals surface area contributed by atoms with Crippen LogP contribution in [0, 0.1) is 6.92 Å². The van der Waals surface area contributed by atoms with Gasteiger partial charge in [0.05, 0.1) is 0 Å². The molecule has 0 N–H and O–H groups in total. The van der Waals surface area contributed by atoms with Crippen molar-refractivity contribution in [3.63, 3.8) is 0 Å². The van der Waals surface area contributed by atoms with Gasteiger partial charge in [-0.25, -0.2) is 0 Å². The Morgan fingerprint density at radius 2 is 2.10 bits per heavy atom. The van der Waals surface area contributed by atoms with Crippen LogP contribution in [0.25, 0.3) is 10.1 Å². The molecule has 0 bridgehead atoms. The second kappa shape index (κ2) is 2.10. The summed E-state index contributed by atoms with van der Waals surface area (Å²) in [5, 5.41) is 3.50. The highest BCUT2D eigenvalue weighted by Crippen LogP contribution is 2.23. The third-order valence-electron chi connectivity index (χ3n) is 1.68. The first-order valence-corrected chi connectivity index (χ1v) is 4.19. The minimum Gasteiger partial charge on any atom is -0.144 e. The number of thiophene rings is 1. The summed E-state index contributed by atoms with van der Waals surface area (Å²) in [5.41, 5.74) is 1.38. The van der Waals surface area contributed by atoms with E-state index < -0.39 is 0 Å². The number of aryl methyl sites for hydroxylation is 1. The zero-order valence-corrected chi connectivity index (χ0v) is 6.61. The number of benzene rings is 1. The van der Waals surface area contributed by atoms with Crippen LogP contribution in [0.1, 0.15) is 5.56 Å². The van der Waals surface area contributed by atoms with Gasteiger partial charge in [-0.15, -0.1) is 11.3 Å². The molecule has 0 aliphatic carbocycles. The van der Waals surface area contributed by atoms with Gasteiger partial charge in [0, 0.05) is 4.70 Å². The van der Waals surface area contributed by atoms with Crippen molar-refractivity contribution in [2.45, 2.75) is 6.92 Å². The second-order valence-electron chi connectivity index (χ2n) is 2.41. The first-order chi connectivity index (χ1) is 4.88. The van der Waals surface area contributed by atoms with Crippen molar-refractivity contribution < 1.29 is 0 Å². The average molecular weight is 148 g/mol. The van der Waals surface area contributed by atoms with E-state index in [0.29, 0.717) is 0 Å². The molecule has 1 aromatic carbocycles. The summed E-state index contributed by atoms with van der Waals surface area (Å²) < 4.78 is 1.42. The largest absolute Gasteiger partial charge is 0.144 e. The Bertz CT molecular complexity index is 346. The molecule has 0 radical (unpaired) electrons. The Kier molecular flexibility index (Phi) is 1.24. The lowest BCUT2D eigenvalue weighted by Crippen LogP contribution is -1.67. The Morgan fingerprint density at radius 3 is 2.90 bits per heavy atom. The minimum absolute atomic E-state index is 1.37. The van der Waals surface area contributed by atoms with Crippen molar-refractivity contribution in [2.75, 3.05) is 0 Å². The van der Waals surface area contributed by atoms with Crippen molar-refractivity contribution in [1.82, 2.24) is 0 Å². The molecule has 0 spiro atoms. The van der Waals surface area contributed by atoms with E-state index in [4.69, 9.17) is 0 Å². The van der Waals surface area contributed by atoms with Crippen molar-refractivity contribution in [2.24, 2.45) is 0 Å². The van der Waals surface area contributed by atoms with Crippen molar-refractivity contribution >= 4 is 21.4 Å². The van der Waals surface area contributed by atoms with E-state index in [0.717, 1.165) is 0 Å². The van der Waals surface area contributed by atoms with Crippen LogP contribution in [-0.2, 0) is 0 Å². The molecular weight excluding hydrogens is 140 g/mol. The van der Waals surface area contributed by atoms with Gasteiger partial charge in [0.15, 0.2) is 0 Å². The summed E-state index contributed by atoms with van der Waals surface area (Å²) in [5.74, 6) is 0. The van der Waals surface area contributed by atoms with Crippen LogP contribution < -0.4 is 0 Å². The maximum absolute atomic E-state index is 2.16. The van der Waals surface area contributed by atoms with Gasteiger partial charge in [-0.1, -0.05) is 18.2 Å². The fourth-order valence-corrected chi connectivity index (χ4v) is 2.02. The molecule has 50 valence electrons. The molecule has 2 aromatic rings. The zero-order chi connectivity index (χ0) is 6.97. The third-order valence-corrected chi connectivity index (χ3v) is 2.74.